The average Bonchev–Trinajstić information content (AvgIpc) is 2.51. The molecule has 2 rings (SSSR count). The smallest absolute Gasteiger partial charge is 0.0556 e. The molecule has 1 aromatic carbocycles. The molecule has 2 nitrogen and oxygen atoms in total. The Kier molecular flexibility index (Phi) is 2.85. The van der Waals surface area contributed by atoms with E-state index in [9.17, 15) is 0 Å². The molecule has 0 aromatic heterocycles. The monoisotopic (exact) mass is 191 g/mol. The van der Waals surface area contributed by atoms with E-state index in [0.717, 1.165) is 6.42 Å². The van der Waals surface area contributed by atoms with E-state index in [2.05, 4.69) is 36.5 Å². The molecule has 2 unspecified atom stereocenters. The number of fused-ring (bicyclic) bond motifs is 1. The van der Waals surface area contributed by atoms with Crippen LogP contribution in [0.25, 0.3) is 0 Å². The third-order valence-electron chi connectivity index (χ3n) is 2.98. The van der Waals surface area contributed by atoms with Gasteiger partial charge in [0.15, 0.2) is 0 Å². The molecule has 0 heterocycles. The Balaban J connectivity index is 2.17. The molecule has 0 saturated heterocycles. The zero-order valence-electron chi connectivity index (χ0n) is 8.53. The summed E-state index contributed by atoms with van der Waals surface area (Å²) in [4.78, 5) is 0. The Hall–Kier alpha value is -0.860. The van der Waals surface area contributed by atoms with Crippen LogP contribution in [0.2, 0.25) is 0 Å². The van der Waals surface area contributed by atoms with E-state index in [1.165, 1.54) is 11.1 Å². The van der Waals surface area contributed by atoms with Crippen LogP contribution in [0.5, 0.6) is 0 Å². The fourth-order valence-corrected chi connectivity index (χ4v) is 2.33. The molecule has 0 radical (unpaired) electrons. The van der Waals surface area contributed by atoms with Gasteiger partial charge in [-0.3, -0.25) is 0 Å². The van der Waals surface area contributed by atoms with Crippen LogP contribution in [0, 0.1) is 5.92 Å². The highest BCUT2D eigenvalue weighted by Gasteiger charge is 2.27. The van der Waals surface area contributed by atoms with Gasteiger partial charge in [0.2, 0.25) is 0 Å². The molecule has 2 N–H and O–H groups in total. The first-order valence-electron chi connectivity index (χ1n) is 5.25. The summed E-state index contributed by atoms with van der Waals surface area (Å²) < 4.78 is 0. The van der Waals surface area contributed by atoms with Crippen molar-refractivity contribution in [2.24, 2.45) is 5.92 Å². The van der Waals surface area contributed by atoms with E-state index in [4.69, 9.17) is 5.11 Å². The highest BCUT2D eigenvalue weighted by atomic mass is 16.3. The third kappa shape index (κ3) is 1.68. The first-order valence-corrected chi connectivity index (χ1v) is 5.25. The highest BCUT2D eigenvalue weighted by Crippen LogP contribution is 2.35. The lowest BCUT2D eigenvalue weighted by Gasteiger charge is -2.17. The van der Waals surface area contributed by atoms with Gasteiger partial charge < -0.3 is 10.4 Å². The normalized spacial score (nSPS) is 25.0. The van der Waals surface area contributed by atoms with E-state index in [-0.39, 0.29) is 6.61 Å². The summed E-state index contributed by atoms with van der Waals surface area (Å²) in [5, 5.41) is 12.2. The maximum atomic E-state index is 8.80. The molecule has 1 aliphatic rings. The number of rotatable bonds is 3. The predicted octanol–water partition coefficient (Wildman–Crippen LogP) is 1.50. The summed E-state index contributed by atoms with van der Waals surface area (Å²) in [6, 6.07) is 9.00. The van der Waals surface area contributed by atoms with Crippen molar-refractivity contribution in [3.63, 3.8) is 0 Å². The second-order valence-corrected chi connectivity index (χ2v) is 4.04. The first kappa shape index (κ1) is 9.69. The van der Waals surface area contributed by atoms with Gasteiger partial charge in [-0.1, -0.05) is 31.2 Å². The van der Waals surface area contributed by atoms with Crippen LogP contribution in [-0.4, -0.2) is 18.3 Å². The minimum Gasteiger partial charge on any atom is -0.395 e. The second kappa shape index (κ2) is 4.11. The van der Waals surface area contributed by atoms with Crippen LogP contribution in [0.15, 0.2) is 24.3 Å². The van der Waals surface area contributed by atoms with Crippen molar-refractivity contribution in [2.45, 2.75) is 19.4 Å². The summed E-state index contributed by atoms with van der Waals surface area (Å²) in [6.45, 7) is 3.16. The molecule has 0 amide bonds. The first-order chi connectivity index (χ1) is 6.83. The largest absolute Gasteiger partial charge is 0.395 e. The lowest BCUT2D eigenvalue weighted by molar-refractivity contribution is 0.275. The number of benzene rings is 1. The molecule has 2 atom stereocenters. The maximum absolute atomic E-state index is 8.80. The van der Waals surface area contributed by atoms with Crippen molar-refractivity contribution < 1.29 is 5.11 Å². The van der Waals surface area contributed by atoms with Gasteiger partial charge in [-0.25, -0.2) is 0 Å². The maximum Gasteiger partial charge on any atom is 0.0556 e. The van der Waals surface area contributed by atoms with Crippen molar-refractivity contribution in [1.82, 2.24) is 5.32 Å². The molecular formula is C12H17NO. The lowest BCUT2D eigenvalue weighted by Crippen LogP contribution is -2.26. The fourth-order valence-electron chi connectivity index (χ4n) is 2.33. The van der Waals surface area contributed by atoms with Crippen molar-refractivity contribution in [2.75, 3.05) is 13.2 Å². The molecular weight excluding hydrogens is 174 g/mol. The Morgan fingerprint density at radius 2 is 2.21 bits per heavy atom. The number of aliphatic hydroxyl groups excluding tert-OH is 1. The number of hydrogen-bond acceptors (Lipinski definition) is 2. The summed E-state index contributed by atoms with van der Waals surface area (Å²) in [7, 11) is 0. The number of hydrogen-bond donors (Lipinski definition) is 2. The molecule has 2 heteroatoms. The molecule has 0 aliphatic heterocycles. The van der Waals surface area contributed by atoms with E-state index < -0.39 is 0 Å². The predicted molar refractivity (Wildman–Crippen MR) is 57.1 cm³/mol. The third-order valence-corrected chi connectivity index (χ3v) is 2.98. The highest BCUT2D eigenvalue weighted by molar-refractivity contribution is 5.35. The van der Waals surface area contributed by atoms with Gasteiger partial charge in [0, 0.05) is 12.6 Å². The standard InChI is InChI=1S/C12H17NO/c1-9-8-10-4-2-3-5-11(10)12(9)13-6-7-14/h2-5,9,12-14H,6-8H2,1H3. The summed E-state index contributed by atoms with van der Waals surface area (Å²) in [6.07, 6.45) is 1.15. The number of aliphatic hydroxyl groups is 1. The second-order valence-electron chi connectivity index (χ2n) is 4.04. The van der Waals surface area contributed by atoms with Crippen molar-refractivity contribution in [3.8, 4) is 0 Å². The van der Waals surface area contributed by atoms with Gasteiger partial charge >= 0.3 is 0 Å². The van der Waals surface area contributed by atoms with Crippen LogP contribution in [0.1, 0.15) is 24.1 Å². The fraction of sp³-hybridized carbons (Fsp3) is 0.500. The minimum atomic E-state index is 0.214. The molecule has 0 saturated carbocycles. The topological polar surface area (TPSA) is 32.3 Å². The van der Waals surface area contributed by atoms with Crippen molar-refractivity contribution in [1.29, 1.82) is 0 Å². The Bertz CT molecular complexity index is 311. The number of nitrogens with one attached hydrogen (secondary N) is 1. The van der Waals surface area contributed by atoms with E-state index in [1.54, 1.807) is 0 Å². The summed E-state index contributed by atoms with van der Waals surface area (Å²) in [5.41, 5.74) is 2.86. The molecule has 14 heavy (non-hydrogen) atoms. The van der Waals surface area contributed by atoms with Crippen LogP contribution in [0.3, 0.4) is 0 Å². The summed E-state index contributed by atoms with van der Waals surface area (Å²) in [5.74, 6) is 0.638. The Morgan fingerprint density at radius 3 is 3.00 bits per heavy atom. The van der Waals surface area contributed by atoms with Gasteiger partial charge in [-0.2, -0.15) is 0 Å². The quantitative estimate of drug-likeness (QED) is 0.759. The van der Waals surface area contributed by atoms with Gasteiger partial charge in [-0.15, -0.1) is 0 Å². The Morgan fingerprint density at radius 1 is 1.43 bits per heavy atom. The van der Waals surface area contributed by atoms with E-state index in [1.807, 2.05) is 0 Å². The van der Waals surface area contributed by atoms with E-state index in [0.29, 0.717) is 18.5 Å². The molecule has 0 fully saturated rings. The Labute approximate surface area is 85.0 Å². The van der Waals surface area contributed by atoms with Gasteiger partial charge in [-0.05, 0) is 23.5 Å². The van der Waals surface area contributed by atoms with Crippen LogP contribution in [-0.2, 0) is 6.42 Å². The average molecular weight is 191 g/mol. The van der Waals surface area contributed by atoms with Crippen LogP contribution in [0.4, 0.5) is 0 Å². The van der Waals surface area contributed by atoms with E-state index >= 15 is 0 Å². The molecule has 76 valence electrons. The molecule has 1 aromatic rings. The molecule has 0 bridgehead atoms. The van der Waals surface area contributed by atoms with Crippen LogP contribution < -0.4 is 5.32 Å². The van der Waals surface area contributed by atoms with Gasteiger partial charge in [0.25, 0.3) is 0 Å². The minimum absolute atomic E-state index is 0.214. The lowest BCUT2D eigenvalue weighted by atomic mass is 10.0. The summed E-state index contributed by atoms with van der Waals surface area (Å²) >= 11 is 0. The van der Waals surface area contributed by atoms with Crippen LogP contribution >= 0.6 is 0 Å². The SMILES string of the molecule is CC1Cc2ccccc2C1NCCO. The molecule has 1 aliphatic carbocycles. The zero-order valence-corrected chi connectivity index (χ0v) is 8.53. The van der Waals surface area contributed by atoms with Crippen molar-refractivity contribution >= 4 is 0 Å². The molecule has 0 spiro atoms. The van der Waals surface area contributed by atoms with Gasteiger partial charge in [0.05, 0.1) is 6.61 Å². The van der Waals surface area contributed by atoms with Crippen molar-refractivity contribution in [3.05, 3.63) is 35.4 Å². The zero-order chi connectivity index (χ0) is 9.97. The van der Waals surface area contributed by atoms with Gasteiger partial charge in [0.1, 0.15) is 0 Å².